The molecule has 0 aliphatic rings. The lowest BCUT2D eigenvalue weighted by atomic mass is 10.1. The Kier molecular flexibility index (Phi) is 2.27. The van der Waals surface area contributed by atoms with Crippen LogP contribution in [0.4, 0.5) is 18.9 Å². The summed E-state index contributed by atoms with van der Waals surface area (Å²) in [6.45, 7) is 0. The van der Waals surface area contributed by atoms with Gasteiger partial charge in [0.15, 0.2) is 0 Å². The lowest BCUT2D eigenvalue weighted by Gasteiger charge is -2.05. The van der Waals surface area contributed by atoms with Crippen LogP contribution in [0.3, 0.4) is 0 Å². The quantitative estimate of drug-likeness (QED) is 0.623. The topological polar surface area (TPSA) is 40.9 Å². The molecule has 1 rings (SSSR count). The van der Waals surface area contributed by atoms with Gasteiger partial charge in [0.05, 0.1) is 11.3 Å². The summed E-state index contributed by atoms with van der Waals surface area (Å²) >= 11 is 0. The Balaban J connectivity index is 3.10. The van der Waals surface area contributed by atoms with E-state index in [1.807, 2.05) is 0 Å². The minimum atomic E-state index is -4.91. The third-order valence-electron chi connectivity index (χ3n) is 1.43. The predicted molar refractivity (Wildman–Crippen MR) is 39.6 cm³/mol. The van der Waals surface area contributed by atoms with Crippen LogP contribution >= 0.6 is 0 Å². The molecule has 1 radical (unpaired) electrons. The summed E-state index contributed by atoms with van der Waals surface area (Å²) in [5.74, 6) is -1.97. The van der Waals surface area contributed by atoms with E-state index in [9.17, 15) is 18.0 Å². The van der Waals surface area contributed by atoms with Gasteiger partial charge in [-0.1, -0.05) is 12.1 Å². The molecule has 1 aromatic carbocycles. The lowest BCUT2D eigenvalue weighted by molar-refractivity contribution is -0.0884. The molecule has 0 saturated carbocycles. The second-order valence-corrected chi connectivity index (χ2v) is 2.37. The van der Waals surface area contributed by atoms with Gasteiger partial charge in [0, 0.05) is 0 Å². The molecule has 0 aliphatic carbocycles. The minimum absolute atomic E-state index is 0.412. The van der Waals surface area contributed by atoms with Crippen LogP contribution in [0.15, 0.2) is 24.3 Å². The van der Waals surface area contributed by atoms with Gasteiger partial charge in [-0.25, -0.2) is 0 Å². The first-order valence-electron chi connectivity index (χ1n) is 3.35. The highest BCUT2D eigenvalue weighted by molar-refractivity contribution is 6.03. The van der Waals surface area contributed by atoms with E-state index in [-0.39, 0.29) is 0 Å². The van der Waals surface area contributed by atoms with Gasteiger partial charge in [0.25, 0.3) is 5.78 Å². The number of hydrogen-bond acceptors (Lipinski definition) is 1. The number of rotatable bonds is 1. The average molecular weight is 188 g/mol. The van der Waals surface area contributed by atoms with Gasteiger partial charge in [-0.05, 0) is 12.1 Å². The third-order valence-corrected chi connectivity index (χ3v) is 1.43. The molecule has 2 nitrogen and oxygen atoms in total. The van der Waals surface area contributed by atoms with Crippen molar-refractivity contribution in [2.24, 2.45) is 0 Å². The van der Waals surface area contributed by atoms with Crippen molar-refractivity contribution < 1.29 is 18.0 Å². The molecule has 0 unspecified atom stereocenters. The zero-order valence-corrected chi connectivity index (χ0v) is 6.35. The van der Waals surface area contributed by atoms with E-state index in [1.165, 1.54) is 12.1 Å². The van der Waals surface area contributed by atoms with Gasteiger partial charge in [0.2, 0.25) is 0 Å². The number of nitrogens with one attached hydrogen (secondary N) is 1. The van der Waals surface area contributed by atoms with Crippen LogP contribution in [-0.2, 0) is 0 Å². The van der Waals surface area contributed by atoms with E-state index in [0.717, 1.165) is 12.1 Å². The van der Waals surface area contributed by atoms with Gasteiger partial charge in [-0.15, -0.1) is 0 Å². The third kappa shape index (κ3) is 1.99. The largest absolute Gasteiger partial charge is 0.454 e. The van der Waals surface area contributed by atoms with Crippen LogP contribution in [0.25, 0.3) is 0 Å². The SMILES string of the molecule is [NH]c1ccccc1C(=O)C(F)(F)F. The highest BCUT2D eigenvalue weighted by Crippen LogP contribution is 2.24. The molecule has 13 heavy (non-hydrogen) atoms. The average Bonchev–Trinajstić information content (AvgIpc) is 2.02. The Morgan fingerprint density at radius 1 is 1.23 bits per heavy atom. The summed E-state index contributed by atoms with van der Waals surface area (Å²) in [4.78, 5) is 10.6. The lowest BCUT2D eigenvalue weighted by Crippen LogP contribution is -2.22. The van der Waals surface area contributed by atoms with E-state index in [4.69, 9.17) is 5.73 Å². The van der Waals surface area contributed by atoms with Crippen LogP contribution in [-0.4, -0.2) is 12.0 Å². The Morgan fingerprint density at radius 3 is 2.23 bits per heavy atom. The normalized spacial score (nSPS) is 11.3. The van der Waals surface area contributed by atoms with Crippen LogP contribution in [0.2, 0.25) is 0 Å². The number of carbonyl (C=O) groups is 1. The number of hydrogen-bond donors (Lipinski definition) is 0. The number of carbonyl (C=O) groups excluding carboxylic acids is 1. The Bertz CT molecular complexity index is 332. The predicted octanol–water partition coefficient (Wildman–Crippen LogP) is 2.35. The molecule has 0 saturated heterocycles. The minimum Gasteiger partial charge on any atom is -0.300 e. The fourth-order valence-electron chi connectivity index (χ4n) is 0.834. The zero-order valence-electron chi connectivity index (χ0n) is 6.35. The van der Waals surface area contributed by atoms with Crippen molar-refractivity contribution in [3.05, 3.63) is 29.8 Å². The Labute approximate surface area is 72.2 Å². The zero-order chi connectivity index (χ0) is 10.1. The molecule has 0 bridgehead atoms. The molecule has 5 heteroatoms. The number of Topliss-reactive ketones (excluding diaryl/α,β-unsaturated/α-hetero) is 1. The van der Waals surface area contributed by atoms with Crippen LogP contribution in [0.5, 0.6) is 0 Å². The maximum Gasteiger partial charge on any atom is 0.454 e. The Morgan fingerprint density at radius 2 is 1.77 bits per heavy atom. The van der Waals surface area contributed by atoms with Crippen LogP contribution in [0, 0.1) is 0 Å². The highest BCUT2D eigenvalue weighted by atomic mass is 19.4. The molecule has 0 heterocycles. The summed E-state index contributed by atoms with van der Waals surface area (Å²) in [6.07, 6.45) is -4.91. The summed E-state index contributed by atoms with van der Waals surface area (Å²) in [5.41, 5.74) is 6.03. The first kappa shape index (κ1) is 9.57. The molecule has 0 amide bonds. The summed E-state index contributed by atoms with van der Waals surface area (Å²) in [6, 6.07) is 4.81. The van der Waals surface area contributed by atoms with Crippen molar-refractivity contribution in [2.45, 2.75) is 6.18 Å². The van der Waals surface area contributed by atoms with Gasteiger partial charge in [0.1, 0.15) is 0 Å². The van der Waals surface area contributed by atoms with Crippen molar-refractivity contribution in [3.63, 3.8) is 0 Å². The van der Waals surface area contributed by atoms with E-state index in [1.54, 1.807) is 0 Å². The fourth-order valence-corrected chi connectivity index (χ4v) is 0.834. The highest BCUT2D eigenvalue weighted by Gasteiger charge is 2.40. The monoisotopic (exact) mass is 188 g/mol. The van der Waals surface area contributed by atoms with Gasteiger partial charge in [-0.2, -0.15) is 13.2 Å². The van der Waals surface area contributed by atoms with Crippen molar-refractivity contribution in [1.29, 1.82) is 0 Å². The van der Waals surface area contributed by atoms with Crippen LogP contribution < -0.4 is 5.73 Å². The molecule has 1 aromatic rings. The van der Waals surface area contributed by atoms with Gasteiger partial charge >= 0.3 is 6.18 Å². The second kappa shape index (κ2) is 3.08. The van der Waals surface area contributed by atoms with Crippen molar-refractivity contribution >= 4 is 11.5 Å². The number of ketones is 1. The van der Waals surface area contributed by atoms with Crippen LogP contribution in [0.1, 0.15) is 10.4 Å². The summed E-state index contributed by atoms with van der Waals surface area (Å²) in [5, 5.41) is 0. The van der Waals surface area contributed by atoms with Crippen molar-refractivity contribution in [2.75, 3.05) is 0 Å². The molecule has 1 N–H and O–H groups in total. The van der Waals surface area contributed by atoms with E-state index in [0.29, 0.717) is 0 Å². The van der Waals surface area contributed by atoms with E-state index in [2.05, 4.69) is 0 Å². The van der Waals surface area contributed by atoms with Crippen molar-refractivity contribution in [1.82, 2.24) is 5.73 Å². The van der Waals surface area contributed by atoms with Gasteiger partial charge < -0.3 is 5.73 Å². The maximum absolute atomic E-state index is 11.9. The van der Waals surface area contributed by atoms with E-state index >= 15 is 0 Å². The smallest absolute Gasteiger partial charge is 0.300 e. The maximum atomic E-state index is 11.9. The fraction of sp³-hybridized carbons (Fsp3) is 0.125. The molecule has 69 valence electrons. The summed E-state index contributed by atoms with van der Waals surface area (Å²) < 4.78 is 35.6. The molecular weight excluding hydrogens is 183 g/mol. The number of alkyl halides is 3. The molecule has 0 fully saturated rings. The first-order chi connectivity index (χ1) is 5.93. The number of benzene rings is 1. The second-order valence-electron chi connectivity index (χ2n) is 2.37. The molecule has 0 atom stereocenters. The summed E-state index contributed by atoms with van der Waals surface area (Å²) in [7, 11) is 0. The Hall–Kier alpha value is -1.52. The molecule has 0 aromatic heterocycles. The van der Waals surface area contributed by atoms with E-state index < -0.39 is 23.2 Å². The van der Waals surface area contributed by atoms with Gasteiger partial charge in [-0.3, -0.25) is 4.79 Å². The molecule has 0 aliphatic heterocycles. The first-order valence-corrected chi connectivity index (χ1v) is 3.35. The number of halogens is 3. The standard InChI is InChI=1S/C8H5F3NO/c9-8(10,11)7(13)5-3-1-2-4-6(5)12/h1-4,12H. The van der Waals surface area contributed by atoms with Crippen molar-refractivity contribution in [3.8, 4) is 0 Å². The molecular formula is C8H5F3NO. The molecule has 0 spiro atoms.